The molecule has 1 fully saturated rings. The predicted octanol–water partition coefficient (Wildman–Crippen LogP) is 6.32. The van der Waals surface area contributed by atoms with Gasteiger partial charge >= 0.3 is 0 Å². The van der Waals surface area contributed by atoms with Crippen LogP contribution in [-0.2, 0) is 16.6 Å². The molecule has 0 spiro atoms. The van der Waals surface area contributed by atoms with Gasteiger partial charge in [0.1, 0.15) is 5.82 Å². The van der Waals surface area contributed by atoms with Crippen LogP contribution in [0, 0.1) is 26.6 Å². The van der Waals surface area contributed by atoms with Gasteiger partial charge in [0.2, 0.25) is 10.0 Å². The van der Waals surface area contributed by atoms with Crippen LogP contribution in [0.1, 0.15) is 46.7 Å². The minimum atomic E-state index is -3.50. The lowest BCUT2D eigenvalue weighted by atomic mass is 9.88. The predicted molar refractivity (Wildman–Crippen MR) is 139 cm³/mol. The number of benzene rings is 3. The second-order valence-corrected chi connectivity index (χ2v) is 11.6. The Hall–Kier alpha value is -2.96. The summed E-state index contributed by atoms with van der Waals surface area (Å²) in [5.41, 5.74) is 6.81. The third-order valence-electron chi connectivity index (χ3n) is 7.51. The van der Waals surface area contributed by atoms with E-state index in [1.165, 1.54) is 28.8 Å². The zero-order valence-electron chi connectivity index (χ0n) is 20.5. The fourth-order valence-corrected chi connectivity index (χ4v) is 6.91. The fourth-order valence-electron chi connectivity index (χ4n) is 5.36. The maximum absolute atomic E-state index is 13.4. The molecule has 0 N–H and O–H groups in total. The third kappa shape index (κ3) is 4.41. The number of sulfonamides is 1. The number of aromatic nitrogens is 1. The van der Waals surface area contributed by atoms with Gasteiger partial charge in [0.05, 0.1) is 4.90 Å². The number of hydrogen-bond acceptors (Lipinski definition) is 2. The first-order valence-electron chi connectivity index (χ1n) is 12.2. The highest BCUT2D eigenvalue weighted by atomic mass is 32.2. The van der Waals surface area contributed by atoms with Crippen molar-refractivity contribution in [3.8, 4) is 0 Å². The zero-order valence-corrected chi connectivity index (χ0v) is 21.3. The molecule has 6 heteroatoms. The molecule has 182 valence electrons. The molecule has 1 aliphatic rings. The molecule has 1 aliphatic heterocycles. The van der Waals surface area contributed by atoms with Gasteiger partial charge in [0, 0.05) is 36.2 Å². The molecule has 0 atom stereocenters. The molecule has 4 nitrogen and oxygen atoms in total. The molecule has 2 heterocycles. The lowest BCUT2D eigenvalue weighted by Gasteiger charge is -2.32. The summed E-state index contributed by atoms with van der Waals surface area (Å²) >= 11 is 0. The fraction of sp³-hybridized carbons (Fsp3) is 0.310. The van der Waals surface area contributed by atoms with Crippen molar-refractivity contribution in [2.45, 2.75) is 51.0 Å². The Morgan fingerprint density at radius 3 is 2.26 bits per heavy atom. The Balaban J connectivity index is 1.41. The summed E-state index contributed by atoms with van der Waals surface area (Å²) in [4.78, 5) is 0.381. The normalized spacial score (nSPS) is 15.7. The van der Waals surface area contributed by atoms with Crippen molar-refractivity contribution in [3.05, 3.63) is 100 Å². The van der Waals surface area contributed by atoms with E-state index in [1.54, 1.807) is 16.4 Å². The SMILES string of the molecule is Cc1ccc(S(=O)(=O)N2CCC(c3c(C)n(Cc4ccc(F)cc4)c4ccccc34)CC2)cc1C. The molecule has 0 radical (unpaired) electrons. The van der Waals surface area contributed by atoms with Crippen LogP contribution in [0.25, 0.3) is 10.9 Å². The number of rotatable bonds is 5. The van der Waals surface area contributed by atoms with E-state index in [1.807, 2.05) is 38.1 Å². The van der Waals surface area contributed by atoms with Gasteiger partial charge in [-0.1, -0.05) is 36.4 Å². The maximum Gasteiger partial charge on any atom is 0.243 e. The van der Waals surface area contributed by atoms with E-state index >= 15 is 0 Å². The minimum Gasteiger partial charge on any atom is -0.340 e. The van der Waals surface area contributed by atoms with Crippen LogP contribution in [0.3, 0.4) is 0 Å². The Bertz CT molecular complexity index is 1480. The van der Waals surface area contributed by atoms with E-state index in [-0.39, 0.29) is 5.82 Å². The lowest BCUT2D eigenvalue weighted by Crippen LogP contribution is -2.38. The van der Waals surface area contributed by atoms with Crippen molar-refractivity contribution >= 4 is 20.9 Å². The zero-order chi connectivity index (χ0) is 24.7. The van der Waals surface area contributed by atoms with Gasteiger partial charge in [-0.15, -0.1) is 0 Å². The minimum absolute atomic E-state index is 0.231. The largest absolute Gasteiger partial charge is 0.340 e. The van der Waals surface area contributed by atoms with Crippen molar-refractivity contribution in [1.82, 2.24) is 8.87 Å². The molecule has 35 heavy (non-hydrogen) atoms. The summed E-state index contributed by atoms with van der Waals surface area (Å²) < 4.78 is 44.0. The van der Waals surface area contributed by atoms with E-state index in [9.17, 15) is 12.8 Å². The van der Waals surface area contributed by atoms with Gasteiger partial charge in [-0.25, -0.2) is 12.8 Å². The summed E-state index contributed by atoms with van der Waals surface area (Å²) in [5, 5.41) is 1.22. The molecule has 5 rings (SSSR count). The van der Waals surface area contributed by atoms with Crippen molar-refractivity contribution in [3.63, 3.8) is 0 Å². The number of hydrogen-bond donors (Lipinski definition) is 0. The van der Waals surface area contributed by atoms with E-state index < -0.39 is 10.0 Å². The quantitative estimate of drug-likeness (QED) is 0.328. The maximum atomic E-state index is 13.4. The second-order valence-electron chi connectivity index (χ2n) is 9.65. The molecule has 0 saturated carbocycles. The number of fused-ring (bicyclic) bond motifs is 1. The first-order valence-corrected chi connectivity index (χ1v) is 13.6. The van der Waals surface area contributed by atoms with Crippen LogP contribution in [0.15, 0.2) is 71.6 Å². The Labute approximate surface area is 207 Å². The first-order chi connectivity index (χ1) is 16.8. The molecule has 4 aromatic rings. The number of aryl methyl sites for hydroxylation is 2. The van der Waals surface area contributed by atoms with Gasteiger partial charge in [-0.05, 0) is 92.1 Å². The van der Waals surface area contributed by atoms with Gasteiger partial charge in [0.25, 0.3) is 0 Å². The highest BCUT2D eigenvalue weighted by molar-refractivity contribution is 7.89. The monoisotopic (exact) mass is 490 g/mol. The van der Waals surface area contributed by atoms with E-state index in [4.69, 9.17) is 0 Å². The average Bonchev–Trinajstić information content (AvgIpc) is 3.13. The van der Waals surface area contributed by atoms with E-state index in [0.29, 0.717) is 30.4 Å². The highest BCUT2D eigenvalue weighted by Gasteiger charge is 2.32. The molecule has 0 bridgehead atoms. The second kappa shape index (κ2) is 9.25. The topological polar surface area (TPSA) is 42.3 Å². The number of nitrogens with zero attached hydrogens (tertiary/aromatic N) is 2. The lowest BCUT2D eigenvalue weighted by molar-refractivity contribution is 0.319. The number of halogens is 1. The summed E-state index contributed by atoms with van der Waals surface area (Å²) in [6.45, 7) is 7.79. The third-order valence-corrected chi connectivity index (χ3v) is 9.41. The van der Waals surface area contributed by atoms with Crippen LogP contribution in [0.5, 0.6) is 0 Å². The Kier molecular flexibility index (Phi) is 6.28. The summed E-state index contributed by atoms with van der Waals surface area (Å²) in [6.07, 6.45) is 1.57. The standard InChI is InChI=1S/C29H31FN2O2S/c1-20-8-13-26(18-21(20)2)35(33,34)31-16-14-24(15-17-31)29-22(3)32(28-7-5-4-6-27(28)29)19-23-9-11-25(30)12-10-23/h4-13,18,24H,14-17,19H2,1-3H3. The molecule has 1 aromatic heterocycles. The molecule has 0 aliphatic carbocycles. The van der Waals surface area contributed by atoms with E-state index in [2.05, 4.69) is 29.7 Å². The molecule has 0 unspecified atom stereocenters. The molecular formula is C29H31FN2O2S. The highest BCUT2D eigenvalue weighted by Crippen LogP contribution is 2.38. The molecule has 1 saturated heterocycles. The van der Waals surface area contributed by atoms with Crippen molar-refractivity contribution in [1.29, 1.82) is 0 Å². The van der Waals surface area contributed by atoms with Gasteiger partial charge < -0.3 is 4.57 Å². The van der Waals surface area contributed by atoms with Crippen LogP contribution in [-0.4, -0.2) is 30.4 Å². The molecule has 3 aromatic carbocycles. The smallest absolute Gasteiger partial charge is 0.243 e. The molecule has 0 amide bonds. The van der Waals surface area contributed by atoms with Crippen molar-refractivity contribution in [2.24, 2.45) is 0 Å². The van der Waals surface area contributed by atoms with Crippen LogP contribution in [0.2, 0.25) is 0 Å². The summed E-state index contributed by atoms with van der Waals surface area (Å²) in [6, 6.07) is 20.5. The van der Waals surface area contributed by atoms with Gasteiger partial charge in [-0.3, -0.25) is 0 Å². The van der Waals surface area contributed by atoms with Crippen LogP contribution in [0.4, 0.5) is 4.39 Å². The van der Waals surface area contributed by atoms with Crippen molar-refractivity contribution in [2.75, 3.05) is 13.1 Å². The Morgan fingerprint density at radius 1 is 0.886 bits per heavy atom. The number of para-hydroxylation sites is 1. The van der Waals surface area contributed by atoms with Crippen molar-refractivity contribution < 1.29 is 12.8 Å². The summed E-state index contributed by atoms with van der Waals surface area (Å²) in [5.74, 6) is 0.0617. The van der Waals surface area contributed by atoms with Crippen LogP contribution < -0.4 is 0 Å². The van der Waals surface area contributed by atoms with E-state index in [0.717, 1.165) is 35.0 Å². The summed E-state index contributed by atoms with van der Waals surface area (Å²) in [7, 11) is -3.50. The number of piperidine rings is 1. The average molecular weight is 491 g/mol. The molecular weight excluding hydrogens is 459 g/mol. The van der Waals surface area contributed by atoms with Gasteiger partial charge in [-0.2, -0.15) is 4.31 Å². The van der Waals surface area contributed by atoms with Gasteiger partial charge in [0.15, 0.2) is 0 Å². The first kappa shape index (κ1) is 23.8. The van der Waals surface area contributed by atoms with Crippen LogP contribution >= 0.6 is 0 Å². The Morgan fingerprint density at radius 2 is 1.57 bits per heavy atom.